The van der Waals surface area contributed by atoms with Crippen LogP contribution in [0.1, 0.15) is 26.3 Å². The van der Waals surface area contributed by atoms with Gasteiger partial charge in [0.1, 0.15) is 26.9 Å². The summed E-state index contributed by atoms with van der Waals surface area (Å²) < 4.78 is 11.5. The molecule has 1 saturated heterocycles. The van der Waals surface area contributed by atoms with Gasteiger partial charge >= 0.3 is 12.1 Å². The van der Waals surface area contributed by atoms with E-state index in [1.165, 1.54) is 0 Å². The van der Waals surface area contributed by atoms with Crippen LogP contribution in [-0.4, -0.2) is 53.8 Å². The fourth-order valence-corrected chi connectivity index (χ4v) is 6.19. The second-order valence-corrected chi connectivity index (χ2v) is 11.9. The SMILES string of the molecule is Cc1cc(Oc2ccccc2)ccc1N1C(=O)Nc2c(N3CCN(C(=O)OC(C)(C)C)CC3)sc3nccc1c23. The van der Waals surface area contributed by atoms with Gasteiger partial charge in [-0.2, -0.15) is 0 Å². The van der Waals surface area contributed by atoms with Gasteiger partial charge in [0.25, 0.3) is 0 Å². The number of para-hydroxylation sites is 1. The molecular formula is C30H31N5O4S. The van der Waals surface area contributed by atoms with E-state index in [1.54, 1.807) is 27.3 Å². The minimum absolute atomic E-state index is 0.230. The van der Waals surface area contributed by atoms with Crippen molar-refractivity contribution in [3.8, 4) is 11.5 Å². The van der Waals surface area contributed by atoms with Crippen LogP contribution in [0.5, 0.6) is 11.5 Å². The summed E-state index contributed by atoms with van der Waals surface area (Å²) in [6.07, 6.45) is 1.45. The molecule has 9 nitrogen and oxygen atoms in total. The van der Waals surface area contributed by atoms with Crippen LogP contribution in [0.3, 0.4) is 0 Å². The second-order valence-electron chi connectivity index (χ2n) is 10.9. The summed E-state index contributed by atoms with van der Waals surface area (Å²) in [7, 11) is 0. The number of ether oxygens (including phenoxy) is 2. The maximum absolute atomic E-state index is 13.6. The first-order valence-corrected chi connectivity index (χ1v) is 14.1. The summed E-state index contributed by atoms with van der Waals surface area (Å²) in [6.45, 7) is 9.93. The number of anilines is 4. The van der Waals surface area contributed by atoms with E-state index < -0.39 is 5.60 Å². The summed E-state index contributed by atoms with van der Waals surface area (Å²) in [5.74, 6) is 1.46. The number of hydrogen-bond acceptors (Lipinski definition) is 7. The third kappa shape index (κ3) is 4.90. The Morgan fingerprint density at radius 2 is 1.73 bits per heavy atom. The Labute approximate surface area is 236 Å². The minimum atomic E-state index is -0.532. The first-order chi connectivity index (χ1) is 19.2. The van der Waals surface area contributed by atoms with Crippen molar-refractivity contribution < 1.29 is 19.1 Å². The molecule has 206 valence electrons. The molecule has 1 fully saturated rings. The number of rotatable bonds is 4. The van der Waals surface area contributed by atoms with Crippen molar-refractivity contribution in [1.29, 1.82) is 0 Å². The van der Waals surface area contributed by atoms with E-state index in [9.17, 15) is 9.59 Å². The van der Waals surface area contributed by atoms with Gasteiger partial charge in [0, 0.05) is 32.4 Å². The molecular weight excluding hydrogens is 526 g/mol. The maximum atomic E-state index is 13.6. The van der Waals surface area contributed by atoms with Crippen LogP contribution in [0.15, 0.2) is 60.8 Å². The quantitative estimate of drug-likeness (QED) is 0.287. The van der Waals surface area contributed by atoms with Crippen molar-refractivity contribution in [2.24, 2.45) is 0 Å². The summed E-state index contributed by atoms with van der Waals surface area (Å²) in [5, 5.41) is 5.02. The lowest BCUT2D eigenvalue weighted by atomic mass is 10.1. The Morgan fingerprint density at radius 3 is 2.42 bits per heavy atom. The number of amides is 3. The normalized spacial score (nSPS) is 15.3. The number of carbonyl (C=O) groups excluding carboxylic acids is 2. The maximum Gasteiger partial charge on any atom is 0.410 e. The highest BCUT2D eigenvalue weighted by molar-refractivity contribution is 7.23. The fourth-order valence-electron chi connectivity index (χ4n) is 5.02. The van der Waals surface area contributed by atoms with Gasteiger partial charge in [-0.25, -0.2) is 14.6 Å². The molecule has 2 aromatic heterocycles. The number of pyridine rings is 1. The monoisotopic (exact) mass is 557 g/mol. The average Bonchev–Trinajstić information content (AvgIpc) is 3.29. The van der Waals surface area contributed by atoms with Crippen molar-refractivity contribution in [2.45, 2.75) is 33.3 Å². The van der Waals surface area contributed by atoms with E-state index in [1.807, 2.05) is 82.3 Å². The zero-order valence-electron chi connectivity index (χ0n) is 22.9. The molecule has 2 aromatic carbocycles. The number of piperazine rings is 1. The number of nitrogens with one attached hydrogen (secondary N) is 1. The van der Waals surface area contributed by atoms with Gasteiger partial charge in [0.15, 0.2) is 0 Å². The third-order valence-electron chi connectivity index (χ3n) is 6.83. The topological polar surface area (TPSA) is 87.2 Å². The van der Waals surface area contributed by atoms with Gasteiger partial charge in [0.05, 0.1) is 22.4 Å². The Morgan fingerprint density at radius 1 is 0.975 bits per heavy atom. The molecule has 40 heavy (non-hydrogen) atoms. The largest absolute Gasteiger partial charge is 0.457 e. The molecule has 0 bridgehead atoms. The van der Waals surface area contributed by atoms with Crippen LogP contribution < -0.4 is 19.9 Å². The summed E-state index contributed by atoms with van der Waals surface area (Å²) in [5.41, 5.74) is 2.71. The number of thiophene rings is 1. The van der Waals surface area contributed by atoms with Crippen LogP contribution >= 0.6 is 11.3 Å². The predicted octanol–water partition coefficient (Wildman–Crippen LogP) is 7.14. The Hall–Kier alpha value is -4.31. The van der Waals surface area contributed by atoms with E-state index in [-0.39, 0.29) is 12.1 Å². The molecule has 0 unspecified atom stereocenters. The molecule has 0 radical (unpaired) electrons. The third-order valence-corrected chi connectivity index (χ3v) is 7.99. The lowest BCUT2D eigenvalue weighted by molar-refractivity contribution is 0.0241. The molecule has 2 aliphatic heterocycles. The Bertz CT molecular complexity index is 1590. The predicted molar refractivity (Wildman–Crippen MR) is 158 cm³/mol. The number of aryl methyl sites for hydroxylation is 1. The molecule has 0 aliphatic carbocycles. The van der Waals surface area contributed by atoms with Crippen molar-refractivity contribution in [1.82, 2.24) is 9.88 Å². The number of nitrogens with zero attached hydrogens (tertiary/aromatic N) is 4. The zero-order chi connectivity index (χ0) is 28.0. The Balaban J connectivity index is 1.27. The molecule has 4 aromatic rings. The molecule has 3 amide bonds. The number of hydrogen-bond donors (Lipinski definition) is 1. The van der Waals surface area contributed by atoms with Crippen molar-refractivity contribution in [3.05, 3.63) is 66.4 Å². The number of aromatic nitrogens is 1. The van der Waals surface area contributed by atoms with Crippen LogP contribution in [0.25, 0.3) is 10.2 Å². The second kappa shape index (κ2) is 10.0. The van der Waals surface area contributed by atoms with Gasteiger partial charge in [-0.15, -0.1) is 0 Å². The van der Waals surface area contributed by atoms with E-state index in [2.05, 4.69) is 15.2 Å². The average molecular weight is 558 g/mol. The molecule has 0 atom stereocenters. The lowest BCUT2D eigenvalue weighted by Gasteiger charge is -2.37. The van der Waals surface area contributed by atoms with Gasteiger partial charge in [-0.05, 0) is 69.7 Å². The molecule has 1 N–H and O–H groups in total. The number of benzene rings is 2. The van der Waals surface area contributed by atoms with Crippen LogP contribution in [-0.2, 0) is 4.74 Å². The smallest absolute Gasteiger partial charge is 0.410 e. The van der Waals surface area contributed by atoms with E-state index >= 15 is 0 Å². The number of carbonyl (C=O) groups is 2. The van der Waals surface area contributed by atoms with Gasteiger partial charge in [0.2, 0.25) is 0 Å². The number of urea groups is 1. The highest BCUT2D eigenvalue weighted by Crippen LogP contribution is 2.50. The van der Waals surface area contributed by atoms with Crippen molar-refractivity contribution in [3.63, 3.8) is 0 Å². The first kappa shape index (κ1) is 25.9. The zero-order valence-corrected chi connectivity index (χ0v) is 23.7. The van der Waals surface area contributed by atoms with Gasteiger partial charge in [-0.1, -0.05) is 29.5 Å². The molecule has 0 spiro atoms. The highest BCUT2D eigenvalue weighted by atomic mass is 32.1. The van der Waals surface area contributed by atoms with E-state index in [0.29, 0.717) is 31.9 Å². The summed E-state index contributed by atoms with van der Waals surface area (Å²) in [4.78, 5) is 37.3. The standard InChI is InChI=1S/C30H31N5O4S/c1-19-18-21(38-20-8-6-5-7-9-20)10-11-22(19)35-23-12-13-31-26-24(23)25(32-28(35)36)27(40-26)33-14-16-34(17-15-33)29(37)39-30(2,3)4/h5-13,18H,14-17H2,1-4H3,(H,32,36). The molecule has 6 rings (SSSR count). The minimum Gasteiger partial charge on any atom is -0.457 e. The van der Waals surface area contributed by atoms with Crippen LogP contribution in [0.2, 0.25) is 0 Å². The van der Waals surface area contributed by atoms with Crippen LogP contribution in [0.4, 0.5) is 31.7 Å². The van der Waals surface area contributed by atoms with E-state index in [4.69, 9.17) is 9.47 Å². The van der Waals surface area contributed by atoms with Gasteiger partial charge < -0.3 is 24.6 Å². The Kier molecular flexibility index (Phi) is 6.50. The van der Waals surface area contributed by atoms with E-state index in [0.717, 1.165) is 43.6 Å². The summed E-state index contributed by atoms with van der Waals surface area (Å²) in [6, 6.07) is 17.0. The molecule has 4 heterocycles. The highest BCUT2D eigenvalue weighted by Gasteiger charge is 2.34. The molecule has 2 aliphatic rings. The summed E-state index contributed by atoms with van der Waals surface area (Å²) >= 11 is 1.55. The van der Waals surface area contributed by atoms with Gasteiger partial charge in [-0.3, -0.25) is 4.90 Å². The first-order valence-electron chi connectivity index (χ1n) is 13.3. The van der Waals surface area contributed by atoms with Crippen molar-refractivity contribution >= 4 is 55.7 Å². The molecule has 0 saturated carbocycles. The lowest BCUT2D eigenvalue weighted by Crippen LogP contribution is -2.50. The fraction of sp³-hybridized carbons (Fsp3) is 0.300. The van der Waals surface area contributed by atoms with Crippen LogP contribution in [0, 0.1) is 6.92 Å². The van der Waals surface area contributed by atoms with Crippen molar-refractivity contribution in [2.75, 3.05) is 41.3 Å². The molecule has 10 heteroatoms.